The average Bonchev–Trinajstić information content (AvgIpc) is 2.60. The number of nitrogens with zero attached hydrogens (tertiary/aromatic N) is 1. The summed E-state index contributed by atoms with van der Waals surface area (Å²) in [6.07, 6.45) is 12.4. The molecule has 2 heteroatoms. The highest BCUT2D eigenvalue weighted by atomic mass is 15.4. The summed E-state index contributed by atoms with van der Waals surface area (Å²) in [5.74, 6) is 0.802. The smallest absolute Gasteiger partial charge is 0.0629 e. The number of rotatable bonds is 0. The Morgan fingerprint density at radius 1 is 1.07 bits per heavy atom. The lowest BCUT2D eigenvalue weighted by Gasteiger charge is -2.40. The quantitative estimate of drug-likeness (QED) is 0.627. The molecule has 78 valence electrons. The summed E-state index contributed by atoms with van der Waals surface area (Å²) in [4.78, 5) is 0. The van der Waals surface area contributed by atoms with E-state index in [2.05, 4.69) is 10.5 Å². The lowest BCUT2D eigenvalue weighted by molar-refractivity contribution is 0.192. The van der Waals surface area contributed by atoms with Crippen LogP contribution in [0, 0.1) is 5.92 Å². The number of nitrogens with one attached hydrogen (secondary N) is 1. The summed E-state index contributed by atoms with van der Waals surface area (Å²) < 4.78 is 0. The lowest BCUT2D eigenvalue weighted by Crippen LogP contribution is -2.48. The molecule has 1 spiro atoms. The first-order valence-corrected chi connectivity index (χ1v) is 6.24. The molecule has 1 N–H and O–H groups in total. The zero-order valence-corrected chi connectivity index (χ0v) is 8.89. The molecule has 1 atom stereocenters. The Balaban J connectivity index is 1.82. The average molecular weight is 192 g/mol. The molecule has 14 heavy (non-hydrogen) atoms. The second kappa shape index (κ2) is 3.25. The molecule has 2 aliphatic carbocycles. The Morgan fingerprint density at radius 2 is 1.93 bits per heavy atom. The first kappa shape index (κ1) is 8.75. The van der Waals surface area contributed by atoms with Gasteiger partial charge >= 0.3 is 0 Å². The van der Waals surface area contributed by atoms with E-state index in [1.807, 2.05) is 0 Å². The summed E-state index contributed by atoms with van der Waals surface area (Å²) in [6, 6.07) is 0. The van der Waals surface area contributed by atoms with Crippen molar-refractivity contribution in [2.45, 2.75) is 63.3 Å². The number of fused-ring (bicyclic) bond motifs is 2. The molecular formula is C12H20N2. The van der Waals surface area contributed by atoms with Gasteiger partial charge in [-0.15, -0.1) is 0 Å². The van der Waals surface area contributed by atoms with Gasteiger partial charge in [-0.25, -0.2) is 0 Å². The summed E-state index contributed by atoms with van der Waals surface area (Å²) >= 11 is 0. The van der Waals surface area contributed by atoms with Gasteiger partial charge in [-0.1, -0.05) is 25.7 Å². The van der Waals surface area contributed by atoms with Gasteiger partial charge in [0.2, 0.25) is 0 Å². The second-order valence-corrected chi connectivity index (χ2v) is 5.23. The highest BCUT2D eigenvalue weighted by Gasteiger charge is 2.46. The SMILES string of the molecule is C1CCC2(CC1)NN=C1CCCCC12. The van der Waals surface area contributed by atoms with Gasteiger partial charge in [0.25, 0.3) is 0 Å². The maximum atomic E-state index is 4.60. The van der Waals surface area contributed by atoms with Crippen molar-refractivity contribution in [3.05, 3.63) is 0 Å². The highest BCUT2D eigenvalue weighted by molar-refractivity contribution is 5.90. The van der Waals surface area contributed by atoms with Crippen molar-refractivity contribution in [2.24, 2.45) is 11.0 Å². The van der Waals surface area contributed by atoms with Gasteiger partial charge in [-0.2, -0.15) is 5.10 Å². The summed E-state index contributed by atoms with van der Waals surface area (Å²) in [5, 5.41) is 4.60. The third-order valence-corrected chi connectivity index (χ3v) is 4.41. The fourth-order valence-electron chi connectivity index (χ4n) is 3.63. The highest BCUT2D eigenvalue weighted by Crippen LogP contribution is 2.43. The summed E-state index contributed by atoms with van der Waals surface area (Å²) in [6.45, 7) is 0. The number of hydrazone groups is 1. The van der Waals surface area contributed by atoms with E-state index >= 15 is 0 Å². The van der Waals surface area contributed by atoms with Crippen LogP contribution in [0.25, 0.3) is 0 Å². The molecule has 1 aliphatic heterocycles. The minimum atomic E-state index is 0.411. The zero-order valence-electron chi connectivity index (χ0n) is 8.89. The fourth-order valence-corrected chi connectivity index (χ4v) is 3.63. The van der Waals surface area contributed by atoms with Crippen molar-refractivity contribution >= 4 is 5.71 Å². The molecule has 0 saturated heterocycles. The maximum Gasteiger partial charge on any atom is 0.0629 e. The van der Waals surface area contributed by atoms with Gasteiger partial charge in [0.1, 0.15) is 0 Å². The molecule has 3 rings (SSSR count). The molecule has 0 amide bonds. The van der Waals surface area contributed by atoms with Crippen LogP contribution in [0.2, 0.25) is 0 Å². The molecule has 0 aromatic rings. The molecule has 0 aromatic heterocycles. The second-order valence-electron chi connectivity index (χ2n) is 5.23. The predicted molar refractivity (Wildman–Crippen MR) is 58.3 cm³/mol. The Morgan fingerprint density at radius 3 is 2.79 bits per heavy atom. The van der Waals surface area contributed by atoms with Crippen LogP contribution < -0.4 is 5.43 Å². The van der Waals surface area contributed by atoms with Crippen LogP contribution in [0.15, 0.2) is 5.10 Å². The van der Waals surface area contributed by atoms with Crippen LogP contribution in [0.5, 0.6) is 0 Å². The molecule has 3 aliphatic rings. The van der Waals surface area contributed by atoms with E-state index in [-0.39, 0.29) is 0 Å². The van der Waals surface area contributed by atoms with Crippen LogP contribution in [0.4, 0.5) is 0 Å². The van der Waals surface area contributed by atoms with E-state index in [1.54, 1.807) is 0 Å². The zero-order chi connectivity index (χ0) is 9.43. The molecule has 1 heterocycles. The molecule has 0 radical (unpaired) electrons. The Labute approximate surface area is 86.2 Å². The van der Waals surface area contributed by atoms with Gasteiger partial charge in [0.05, 0.1) is 5.54 Å². The van der Waals surface area contributed by atoms with E-state index in [0.717, 1.165) is 5.92 Å². The third-order valence-electron chi connectivity index (χ3n) is 4.41. The Hall–Kier alpha value is -0.530. The van der Waals surface area contributed by atoms with Gasteiger partial charge in [0, 0.05) is 11.6 Å². The molecule has 0 bridgehead atoms. The monoisotopic (exact) mass is 192 g/mol. The minimum Gasteiger partial charge on any atom is -0.303 e. The molecular weight excluding hydrogens is 172 g/mol. The normalized spacial score (nSPS) is 34.9. The fraction of sp³-hybridized carbons (Fsp3) is 0.917. The van der Waals surface area contributed by atoms with E-state index in [1.165, 1.54) is 63.5 Å². The Bertz CT molecular complexity index is 251. The van der Waals surface area contributed by atoms with Crippen LogP contribution in [0.1, 0.15) is 57.8 Å². The molecule has 2 fully saturated rings. The molecule has 2 saturated carbocycles. The molecule has 2 nitrogen and oxygen atoms in total. The van der Waals surface area contributed by atoms with Gasteiger partial charge < -0.3 is 5.43 Å². The van der Waals surface area contributed by atoms with E-state index in [0.29, 0.717) is 5.54 Å². The first-order chi connectivity index (χ1) is 6.91. The van der Waals surface area contributed by atoms with Crippen molar-refractivity contribution in [2.75, 3.05) is 0 Å². The topological polar surface area (TPSA) is 24.4 Å². The third kappa shape index (κ3) is 1.19. The van der Waals surface area contributed by atoms with Gasteiger partial charge in [-0.05, 0) is 32.1 Å². The standard InChI is InChI=1S/C12H20N2/c1-4-8-12(9-5-1)10-6-2-3-7-11(10)13-14-12/h10,14H,1-9H2. The number of hydrogen-bond acceptors (Lipinski definition) is 2. The van der Waals surface area contributed by atoms with Gasteiger partial charge in [-0.3, -0.25) is 0 Å². The molecule has 1 unspecified atom stereocenters. The summed E-state index contributed by atoms with van der Waals surface area (Å²) in [5.41, 5.74) is 5.41. The molecule has 0 aromatic carbocycles. The van der Waals surface area contributed by atoms with Crippen LogP contribution in [-0.2, 0) is 0 Å². The number of hydrogen-bond donors (Lipinski definition) is 1. The minimum absolute atomic E-state index is 0.411. The van der Waals surface area contributed by atoms with Gasteiger partial charge in [0.15, 0.2) is 0 Å². The van der Waals surface area contributed by atoms with E-state index < -0.39 is 0 Å². The van der Waals surface area contributed by atoms with Crippen molar-refractivity contribution in [3.8, 4) is 0 Å². The maximum absolute atomic E-state index is 4.60. The van der Waals surface area contributed by atoms with E-state index in [4.69, 9.17) is 0 Å². The van der Waals surface area contributed by atoms with Crippen molar-refractivity contribution in [1.29, 1.82) is 0 Å². The van der Waals surface area contributed by atoms with Crippen LogP contribution in [-0.4, -0.2) is 11.3 Å². The van der Waals surface area contributed by atoms with Crippen molar-refractivity contribution < 1.29 is 0 Å². The van der Waals surface area contributed by atoms with E-state index in [9.17, 15) is 0 Å². The van der Waals surface area contributed by atoms with Crippen molar-refractivity contribution in [3.63, 3.8) is 0 Å². The summed E-state index contributed by atoms with van der Waals surface area (Å²) in [7, 11) is 0. The predicted octanol–water partition coefficient (Wildman–Crippen LogP) is 2.84. The van der Waals surface area contributed by atoms with Crippen LogP contribution >= 0.6 is 0 Å². The first-order valence-electron chi connectivity index (χ1n) is 6.24. The Kier molecular flexibility index (Phi) is 2.03. The lowest BCUT2D eigenvalue weighted by atomic mass is 9.68. The largest absolute Gasteiger partial charge is 0.303 e. The van der Waals surface area contributed by atoms with Crippen LogP contribution in [0.3, 0.4) is 0 Å². The van der Waals surface area contributed by atoms with Crippen molar-refractivity contribution in [1.82, 2.24) is 5.43 Å².